The smallest absolute Gasteiger partial charge is 0.265 e. The normalized spacial score (nSPS) is 10.9. The standard InChI is InChI=1S/C13H13ClFNOS/c1-3-16(4-2)13(17)12-11(14)9-6-5-8(15)7-10(9)18-12/h5-7H,3-4H2,1-2H3. The van der Waals surface area contributed by atoms with E-state index in [1.54, 1.807) is 11.0 Å². The van der Waals surface area contributed by atoms with E-state index in [0.717, 1.165) is 5.39 Å². The van der Waals surface area contributed by atoms with Crippen LogP contribution in [-0.4, -0.2) is 23.9 Å². The molecule has 0 spiro atoms. The highest BCUT2D eigenvalue weighted by Gasteiger charge is 2.20. The topological polar surface area (TPSA) is 20.3 Å². The lowest BCUT2D eigenvalue weighted by atomic mass is 10.2. The first-order valence-electron chi connectivity index (χ1n) is 5.75. The molecule has 0 aliphatic rings. The third-order valence-electron chi connectivity index (χ3n) is 2.84. The lowest BCUT2D eigenvalue weighted by molar-refractivity contribution is 0.0778. The van der Waals surface area contributed by atoms with Crippen LogP contribution < -0.4 is 0 Å². The van der Waals surface area contributed by atoms with Crippen molar-refractivity contribution in [3.05, 3.63) is 33.9 Å². The highest BCUT2D eigenvalue weighted by atomic mass is 35.5. The summed E-state index contributed by atoms with van der Waals surface area (Å²) in [7, 11) is 0. The van der Waals surface area contributed by atoms with Gasteiger partial charge in [0.25, 0.3) is 5.91 Å². The van der Waals surface area contributed by atoms with Crippen molar-refractivity contribution >= 4 is 38.9 Å². The van der Waals surface area contributed by atoms with E-state index in [0.29, 0.717) is 27.7 Å². The predicted molar refractivity (Wildman–Crippen MR) is 74.0 cm³/mol. The van der Waals surface area contributed by atoms with E-state index in [1.807, 2.05) is 13.8 Å². The van der Waals surface area contributed by atoms with Crippen LogP contribution >= 0.6 is 22.9 Å². The van der Waals surface area contributed by atoms with Gasteiger partial charge < -0.3 is 4.90 Å². The van der Waals surface area contributed by atoms with E-state index in [1.165, 1.54) is 23.5 Å². The molecule has 0 unspecified atom stereocenters. The first-order chi connectivity index (χ1) is 8.58. The number of halogens is 2. The number of benzene rings is 1. The zero-order valence-electron chi connectivity index (χ0n) is 10.2. The number of nitrogens with zero attached hydrogens (tertiary/aromatic N) is 1. The Morgan fingerprint density at radius 2 is 2.06 bits per heavy atom. The molecule has 0 saturated heterocycles. The second-order valence-electron chi connectivity index (χ2n) is 3.86. The Hall–Kier alpha value is -1.13. The maximum absolute atomic E-state index is 13.1. The van der Waals surface area contributed by atoms with Crippen LogP contribution in [0.2, 0.25) is 5.02 Å². The SMILES string of the molecule is CCN(CC)C(=O)c1sc2cc(F)ccc2c1Cl. The van der Waals surface area contributed by atoms with Crippen LogP contribution in [-0.2, 0) is 0 Å². The predicted octanol–water partition coefficient (Wildman–Crippen LogP) is 4.18. The molecule has 0 aliphatic carbocycles. The van der Waals surface area contributed by atoms with E-state index in [4.69, 9.17) is 11.6 Å². The summed E-state index contributed by atoms with van der Waals surface area (Å²) < 4.78 is 13.8. The molecular weight excluding hydrogens is 273 g/mol. The zero-order valence-corrected chi connectivity index (χ0v) is 11.7. The van der Waals surface area contributed by atoms with Gasteiger partial charge in [0, 0.05) is 23.2 Å². The van der Waals surface area contributed by atoms with Crippen molar-refractivity contribution in [1.82, 2.24) is 4.90 Å². The zero-order chi connectivity index (χ0) is 13.3. The van der Waals surface area contributed by atoms with Crippen molar-refractivity contribution in [3.63, 3.8) is 0 Å². The van der Waals surface area contributed by atoms with E-state index in [9.17, 15) is 9.18 Å². The van der Waals surface area contributed by atoms with Gasteiger partial charge in [0.15, 0.2) is 0 Å². The first-order valence-corrected chi connectivity index (χ1v) is 6.94. The molecule has 1 amide bonds. The maximum atomic E-state index is 13.1. The van der Waals surface area contributed by atoms with E-state index >= 15 is 0 Å². The molecule has 1 heterocycles. The number of hydrogen-bond acceptors (Lipinski definition) is 2. The maximum Gasteiger partial charge on any atom is 0.265 e. The molecule has 0 radical (unpaired) electrons. The molecule has 2 rings (SSSR count). The van der Waals surface area contributed by atoms with Gasteiger partial charge in [-0.05, 0) is 32.0 Å². The van der Waals surface area contributed by atoms with Gasteiger partial charge in [-0.1, -0.05) is 11.6 Å². The van der Waals surface area contributed by atoms with Gasteiger partial charge in [-0.25, -0.2) is 4.39 Å². The second kappa shape index (κ2) is 5.24. The van der Waals surface area contributed by atoms with Crippen molar-refractivity contribution in [2.45, 2.75) is 13.8 Å². The van der Waals surface area contributed by atoms with Crippen molar-refractivity contribution in [2.24, 2.45) is 0 Å². The number of amides is 1. The third-order valence-corrected chi connectivity index (χ3v) is 4.48. The molecule has 0 fully saturated rings. The Balaban J connectivity index is 2.51. The summed E-state index contributed by atoms with van der Waals surface area (Å²) in [6.07, 6.45) is 0. The molecule has 1 aromatic carbocycles. The molecule has 0 atom stereocenters. The van der Waals surface area contributed by atoms with Crippen molar-refractivity contribution in [2.75, 3.05) is 13.1 Å². The minimum Gasteiger partial charge on any atom is -0.338 e. The molecule has 2 aromatic rings. The van der Waals surface area contributed by atoms with E-state index < -0.39 is 0 Å². The molecule has 2 nitrogen and oxygen atoms in total. The Morgan fingerprint density at radius 3 is 2.67 bits per heavy atom. The Morgan fingerprint density at radius 1 is 1.39 bits per heavy atom. The highest BCUT2D eigenvalue weighted by Crippen LogP contribution is 2.36. The molecule has 18 heavy (non-hydrogen) atoms. The quantitative estimate of drug-likeness (QED) is 0.828. The summed E-state index contributed by atoms with van der Waals surface area (Å²) in [6.45, 7) is 5.10. The summed E-state index contributed by atoms with van der Waals surface area (Å²) in [6, 6.07) is 4.38. The van der Waals surface area contributed by atoms with Gasteiger partial charge in [-0.2, -0.15) is 0 Å². The molecular formula is C13H13ClFNOS. The van der Waals surface area contributed by atoms with E-state index in [-0.39, 0.29) is 11.7 Å². The van der Waals surface area contributed by atoms with Crippen LogP contribution in [0.3, 0.4) is 0 Å². The van der Waals surface area contributed by atoms with Gasteiger partial charge in [0.1, 0.15) is 10.7 Å². The number of carbonyl (C=O) groups is 1. The first kappa shape index (κ1) is 13.3. The summed E-state index contributed by atoms with van der Waals surface area (Å²) in [5, 5.41) is 1.16. The average molecular weight is 286 g/mol. The molecule has 1 aromatic heterocycles. The van der Waals surface area contributed by atoms with Gasteiger partial charge in [-0.3, -0.25) is 4.79 Å². The lowest BCUT2D eigenvalue weighted by Gasteiger charge is -2.17. The van der Waals surface area contributed by atoms with Gasteiger partial charge >= 0.3 is 0 Å². The fourth-order valence-corrected chi connectivity index (χ4v) is 3.34. The Bertz CT molecular complexity index is 592. The monoisotopic (exact) mass is 285 g/mol. The van der Waals surface area contributed by atoms with Crippen molar-refractivity contribution < 1.29 is 9.18 Å². The molecule has 0 N–H and O–H groups in total. The van der Waals surface area contributed by atoms with Crippen LogP contribution in [0.5, 0.6) is 0 Å². The molecule has 0 bridgehead atoms. The minimum absolute atomic E-state index is 0.0911. The number of carbonyl (C=O) groups excluding carboxylic acids is 1. The fourth-order valence-electron chi connectivity index (χ4n) is 1.83. The number of fused-ring (bicyclic) bond motifs is 1. The third kappa shape index (κ3) is 2.22. The molecule has 5 heteroatoms. The van der Waals surface area contributed by atoms with Crippen LogP contribution in [0.1, 0.15) is 23.5 Å². The van der Waals surface area contributed by atoms with Gasteiger partial charge in [0.05, 0.1) is 5.02 Å². The summed E-state index contributed by atoms with van der Waals surface area (Å²) in [5.74, 6) is -0.408. The van der Waals surface area contributed by atoms with E-state index in [2.05, 4.69) is 0 Å². The molecule has 0 aliphatic heterocycles. The summed E-state index contributed by atoms with van der Waals surface area (Å²) >= 11 is 7.44. The Kier molecular flexibility index (Phi) is 3.88. The number of hydrogen-bond donors (Lipinski definition) is 0. The van der Waals surface area contributed by atoms with Gasteiger partial charge in [-0.15, -0.1) is 11.3 Å². The summed E-state index contributed by atoms with van der Waals surface area (Å²) in [5.41, 5.74) is 0. The van der Waals surface area contributed by atoms with Crippen LogP contribution in [0.25, 0.3) is 10.1 Å². The minimum atomic E-state index is -0.317. The van der Waals surface area contributed by atoms with Crippen LogP contribution in [0.4, 0.5) is 4.39 Å². The summed E-state index contributed by atoms with van der Waals surface area (Å²) in [4.78, 5) is 14.4. The van der Waals surface area contributed by atoms with Crippen molar-refractivity contribution in [1.29, 1.82) is 0 Å². The molecule has 0 saturated carbocycles. The largest absolute Gasteiger partial charge is 0.338 e. The fraction of sp³-hybridized carbons (Fsp3) is 0.308. The van der Waals surface area contributed by atoms with Crippen LogP contribution in [0.15, 0.2) is 18.2 Å². The molecule has 96 valence electrons. The second-order valence-corrected chi connectivity index (χ2v) is 5.29. The average Bonchev–Trinajstić information content (AvgIpc) is 2.67. The number of thiophene rings is 1. The van der Waals surface area contributed by atoms with Gasteiger partial charge in [0.2, 0.25) is 0 Å². The lowest BCUT2D eigenvalue weighted by Crippen LogP contribution is -2.29. The highest BCUT2D eigenvalue weighted by molar-refractivity contribution is 7.21. The van der Waals surface area contributed by atoms with Crippen LogP contribution in [0, 0.1) is 5.82 Å². The number of rotatable bonds is 3. The van der Waals surface area contributed by atoms with Crippen molar-refractivity contribution in [3.8, 4) is 0 Å². The Labute approximate surface area is 114 Å².